The van der Waals surface area contributed by atoms with E-state index >= 15 is 0 Å². The Hall–Kier alpha value is -2.16. The van der Waals surface area contributed by atoms with E-state index in [-0.39, 0.29) is 27.5 Å². The molecule has 1 atom stereocenters. The Morgan fingerprint density at radius 3 is 2.47 bits per heavy atom. The summed E-state index contributed by atoms with van der Waals surface area (Å²) in [6.45, 7) is 6.40. The fourth-order valence-corrected chi connectivity index (χ4v) is 4.98. The minimum atomic E-state index is -3.99. The van der Waals surface area contributed by atoms with E-state index in [9.17, 15) is 17.6 Å². The van der Waals surface area contributed by atoms with Gasteiger partial charge in [-0.2, -0.15) is 0 Å². The third-order valence-electron chi connectivity index (χ3n) is 4.87. The average molecular weight is 455 g/mol. The van der Waals surface area contributed by atoms with E-state index < -0.39 is 21.4 Å². The second-order valence-corrected chi connectivity index (χ2v) is 10.3. The van der Waals surface area contributed by atoms with Crippen molar-refractivity contribution in [2.75, 3.05) is 24.4 Å². The van der Waals surface area contributed by atoms with Crippen LogP contribution in [-0.2, 0) is 14.8 Å². The molecule has 0 spiro atoms. The molecule has 162 valence electrons. The lowest BCUT2D eigenvalue weighted by Crippen LogP contribution is -2.53. The van der Waals surface area contributed by atoms with Crippen LogP contribution in [0.4, 0.5) is 10.1 Å². The third-order valence-corrected chi connectivity index (χ3v) is 6.98. The van der Waals surface area contributed by atoms with E-state index in [0.717, 1.165) is 4.31 Å². The summed E-state index contributed by atoms with van der Waals surface area (Å²) in [5.74, 6) is -0.823. The third kappa shape index (κ3) is 4.61. The number of carbonyl (C=O) groups is 1. The molecule has 0 saturated carbocycles. The summed E-state index contributed by atoms with van der Waals surface area (Å²) in [4.78, 5) is 14.7. The van der Waals surface area contributed by atoms with Crippen LogP contribution in [0, 0.1) is 5.82 Å². The molecule has 0 bridgehead atoms. The van der Waals surface area contributed by atoms with Crippen molar-refractivity contribution in [2.45, 2.75) is 37.4 Å². The van der Waals surface area contributed by atoms with Crippen molar-refractivity contribution in [1.82, 2.24) is 4.90 Å². The molecular formula is C21H24ClFN2O4S. The number of nitrogens with zero attached hydrogens (tertiary/aromatic N) is 2. The first-order valence-electron chi connectivity index (χ1n) is 9.42. The molecule has 1 aliphatic heterocycles. The molecule has 1 heterocycles. The van der Waals surface area contributed by atoms with Crippen LogP contribution in [0.25, 0.3) is 0 Å². The molecular weight excluding hydrogens is 431 g/mol. The van der Waals surface area contributed by atoms with Crippen LogP contribution in [0.2, 0.25) is 5.02 Å². The number of halogens is 2. The van der Waals surface area contributed by atoms with Gasteiger partial charge in [0.25, 0.3) is 15.9 Å². The number of carbonyl (C=O) groups excluding carboxylic acids is 1. The second kappa shape index (κ2) is 8.17. The molecule has 0 aromatic heterocycles. The molecule has 1 amide bonds. The largest absolute Gasteiger partial charge is 0.369 e. The van der Waals surface area contributed by atoms with Gasteiger partial charge >= 0.3 is 0 Å². The first kappa shape index (κ1) is 22.5. The normalized spacial score (nSPS) is 18.9. The SMILES string of the molecule is CC1CN(C(=O)c2cc(S(=O)(=O)N(C)c3ccc(F)cc3)ccc2Cl)CC(C)(C)O1. The van der Waals surface area contributed by atoms with E-state index in [1.165, 1.54) is 49.5 Å². The van der Waals surface area contributed by atoms with Gasteiger partial charge in [0, 0.05) is 20.1 Å². The van der Waals surface area contributed by atoms with Crippen molar-refractivity contribution in [3.8, 4) is 0 Å². The Labute approximate surface area is 181 Å². The number of sulfonamides is 1. The van der Waals surface area contributed by atoms with Gasteiger partial charge in [-0.3, -0.25) is 9.10 Å². The summed E-state index contributed by atoms with van der Waals surface area (Å²) in [6.07, 6.45) is -0.159. The number of ether oxygens (including phenoxy) is 1. The van der Waals surface area contributed by atoms with E-state index in [0.29, 0.717) is 18.8 Å². The zero-order chi connectivity index (χ0) is 22.3. The molecule has 1 fully saturated rings. The van der Waals surface area contributed by atoms with Crippen LogP contribution in [0.1, 0.15) is 31.1 Å². The van der Waals surface area contributed by atoms with Crippen LogP contribution in [0.15, 0.2) is 47.4 Å². The first-order valence-corrected chi connectivity index (χ1v) is 11.2. The van der Waals surface area contributed by atoms with Crippen molar-refractivity contribution in [3.05, 3.63) is 58.9 Å². The Balaban J connectivity index is 1.94. The van der Waals surface area contributed by atoms with Gasteiger partial charge < -0.3 is 9.64 Å². The van der Waals surface area contributed by atoms with Crippen molar-refractivity contribution in [1.29, 1.82) is 0 Å². The molecule has 9 heteroatoms. The lowest BCUT2D eigenvalue weighted by atomic mass is 10.0. The van der Waals surface area contributed by atoms with Crippen LogP contribution < -0.4 is 4.31 Å². The van der Waals surface area contributed by atoms with Gasteiger partial charge in [-0.05, 0) is 63.2 Å². The average Bonchev–Trinajstić information content (AvgIpc) is 2.66. The highest BCUT2D eigenvalue weighted by atomic mass is 35.5. The summed E-state index contributed by atoms with van der Waals surface area (Å²) in [6, 6.07) is 9.12. The minimum absolute atomic E-state index is 0.0809. The van der Waals surface area contributed by atoms with Crippen LogP contribution in [-0.4, -0.2) is 51.1 Å². The predicted octanol–water partition coefficient (Wildman–Crippen LogP) is 3.94. The minimum Gasteiger partial charge on any atom is -0.369 e. The van der Waals surface area contributed by atoms with Gasteiger partial charge in [0.2, 0.25) is 0 Å². The molecule has 1 unspecified atom stereocenters. The number of amides is 1. The second-order valence-electron chi connectivity index (χ2n) is 7.96. The fraction of sp³-hybridized carbons (Fsp3) is 0.381. The highest BCUT2D eigenvalue weighted by Crippen LogP contribution is 2.28. The van der Waals surface area contributed by atoms with Crippen molar-refractivity contribution in [3.63, 3.8) is 0 Å². The Morgan fingerprint density at radius 1 is 1.23 bits per heavy atom. The maximum Gasteiger partial charge on any atom is 0.264 e. The monoisotopic (exact) mass is 454 g/mol. The van der Waals surface area contributed by atoms with Crippen LogP contribution in [0.5, 0.6) is 0 Å². The summed E-state index contributed by atoms with van der Waals surface area (Å²) in [7, 11) is -2.62. The molecule has 1 aliphatic rings. The van der Waals surface area contributed by atoms with Gasteiger partial charge in [0.1, 0.15) is 5.82 Å². The Bertz CT molecular complexity index is 1060. The number of rotatable bonds is 4. The van der Waals surface area contributed by atoms with Gasteiger partial charge in [0.15, 0.2) is 0 Å². The molecule has 0 aliphatic carbocycles. The highest BCUT2D eigenvalue weighted by Gasteiger charge is 2.35. The molecule has 0 radical (unpaired) electrons. The Morgan fingerprint density at radius 2 is 1.87 bits per heavy atom. The summed E-state index contributed by atoms with van der Waals surface area (Å²) < 4.78 is 46.2. The topological polar surface area (TPSA) is 66.9 Å². The zero-order valence-electron chi connectivity index (χ0n) is 17.2. The smallest absolute Gasteiger partial charge is 0.264 e. The van der Waals surface area contributed by atoms with Gasteiger partial charge in [-0.25, -0.2) is 12.8 Å². The van der Waals surface area contributed by atoms with Crippen molar-refractivity contribution in [2.24, 2.45) is 0 Å². The summed E-state index contributed by atoms with van der Waals surface area (Å²) in [5, 5.41) is 0.167. The van der Waals surface area contributed by atoms with E-state index in [2.05, 4.69) is 0 Å². The number of benzene rings is 2. The molecule has 0 N–H and O–H groups in total. The quantitative estimate of drug-likeness (QED) is 0.701. The van der Waals surface area contributed by atoms with E-state index in [1.54, 1.807) is 4.90 Å². The number of hydrogen-bond donors (Lipinski definition) is 0. The Kier molecular flexibility index (Phi) is 6.13. The van der Waals surface area contributed by atoms with Crippen LogP contribution in [0.3, 0.4) is 0 Å². The standard InChI is InChI=1S/C21H24ClFN2O4S/c1-14-12-25(13-21(2,3)29-14)20(26)18-11-17(9-10-19(18)22)30(27,28)24(4)16-7-5-15(23)6-8-16/h5-11,14H,12-13H2,1-4H3. The molecule has 30 heavy (non-hydrogen) atoms. The molecule has 3 rings (SSSR count). The highest BCUT2D eigenvalue weighted by molar-refractivity contribution is 7.92. The van der Waals surface area contributed by atoms with E-state index in [1.807, 2.05) is 20.8 Å². The molecule has 2 aromatic rings. The maximum atomic E-state index is 13.2. The number of morpholine rings is 1. The van der Waals surface area contributed by atoms with Gasteiger partial charge in [0.05, 0.1) is 32.9 Å². The lowest BCUT2D eigenvalue weighted by molar-refractivity contribution is -0.118. The van der Waals surface area contributed by atoms with Gasteiger partial charge in [-0.1, -0.05) is 11.6 Å². The van der Waals surface area contributed by atoms with Crippen molar-refractivity contribution < 1.29 is 22.3 Å². The fourth-order valence-electron chi connectivity index (χ4n) is 3.56. The van der Waals surface area contributed by atoms with Gasteiger partial charge in [-0.15, -0.1) is 0 Å². The summed E-state index contributed by atoms with van der Waals surface area (Å²) >= 11 is 6.25. The van der Waals surface area contributed by atoms with Crippen molar-refractivity contribution >= 4 is 33.2 Å². The maximum absolute atomic E-state index is 13.2. The van der Waals surface area contributed by atoms with Crippen LogP contribution >= 0.6 is 11.6 Å². The van der Waals surface area contributed by atoms with E-state index in [4.69, 9.17) is 16.3 Å². The predicted molar refractivity (Wildman–Crippen MR) is 114 cm³/mol. The lowest BCUT2D eigenvalue weighted by Gasteiger charge is -2.41. The summed E-state index contributed by atoms with van der Waals surface area (Å²) in [5.41, 5.74) is -0.120. The molecule has 1 saturated heterocycles. The number of hydrogen-bond acceptors (Lipinski definition) is 4. The molecule has 2 aromatic carbocycles. The molecule has 6 nitrogen and oxygen atoms in total. The zero-order valence-corrected chi connectivity index (χ0v) is 18.8. The number of anilines is 1. The first-order chi connectivity index (χ1) is 13.9.